The van der Waals surface area contributed by atoms with Gasteiger partial charge in [0.25, 0.3) is 0 Å². The Kier molecular flexibility index (Phi) is 4.87. The summed E-state index contributed by atoms with van der Waals surface area (Å²) in [7, 11) is 0. The Labute approximate surface area is 137 Å². The second-order valence-corrected chi connectivity index (χ2v) is 7.32. The minimum absolute atomic E-state index is 0.0320. The Morgan fingerprint density at radius 3 is 2.30 bits per heavy atom. The van der Waals surface area contributed by atoms with Crippen molar-refractivity contribution < 1.29 is 14.4 Å². The van der Waals surface area contributed by atoms with Crippen LogP contribution in [0.15, 0.2) is 0 Å². The number of likely N-dealkylation sites (tertiary alicyclic amines) is 2. The first-order valence-electron chi connectivity index (χ1n) is 8.91. The molecule has 0 aromatic heterocycles. The number of amides is 3. The molecular weight excluding hydrogens is 294 g/mol. The molecular formula is C17H27N3O3. The number of nitrogens with zero attached hydrogens (tertiary/aromatic N) is 2. The average Bonchev–Trinajstić information content (AvgIpc) is 3.17. The highest BCUT2D eigenvalue weighted by Crippen LogP contribution is 2.29. The van der Waals surface area contributed by atoms with Gasteiger partial charge >= 0.3 is 0 Å². The lowest BCUT2D eigenvalue weighted by Crippen LogP contribution is -2.47. The zero-order chi connectivity index (χ0) is 16.4. The monoisotopic (exact) mass is 321 g/mol. The van der Waals surface area contributed by atoms with Crippen LogP contribution in [0.25, 0.3) is 0 Å². The van der Waals surface area contributed by atoms with Crippen LogP contribution in [0, 0.1) is 11.8 Å². The van der Waals surface area contributed by atoms with E-state index in [2.05, 4.69) is 0 Å². The van der Waals surface area contributed by atoms with Gasteiger partial charge in [0.05, 0.1) is 5.92 Å². The zero-order valence-corrected chi connectivity index (χ0v) is 13.7. The normalized spacial score (nSPS) is 27.0. The summed E-state index contributed by atoms with van der Waals surface area (Å²) >= 11 is 0. The predicted octanol–water partition coefficient (Wildman–Crippen LogP) is 0.891. The number of piperidine rings is 1. The second kappa shape index (κ2) is 6.89. The van der Waals surface area contributed by atoms with Crippen molar-refractivity contribution in [3.63, 3.8) is 0 Å². The molecule has 2 aliphatic heterocycles. The van der Waals surface area contributed by atoms with E-state index in [0.717, 1.165) is 25.9 Å². The third kappa shape index (κ3) is 3.67. The second-order valence-electron chi connectivity index (χ2n) is 7.32. The van der Waals surface area contributed by atoms with Gasteiger partial charge in [-0.05, 0) is 31.6 Å². The number of hydrogen-bond donors (Lipinski definition) is 1. The molecule has 1 aliphatic carbocycles. The Balaban J connectivity index is 1.47. The van der Waals surface area contributed by atoms with Gasteiger partial charge in [0, 0.05) is 38.5 Å². The maximum atomic E-state index is 12.4. The summed E-state index contributed by atoms with van der Waals surface area (Å²) in [6.45, 7) is 1.90. The molecule has 1 unspecified atom stereocenters. The van der Waals surface area contributed by atoms with Crippen LogP contribution in [-0.2, 0) is 14.4 Å². The lowest BCUT2D eigenvalue weighted by Gasteiger charge is -2.37. The highest BCUT2D eigenvalue weighted by Gasteiger charge is 2.38. The molecule has 23 heavy (non-hydrogen) atoms. The smallest absolute Gasteiger partial charge is 0.223 e. The number of nitrogens with two attached hydrogens (primary N) is 1. The standard InChI is InChI=1S/C17H27N3O3/c18-17(23)13-10-16(22)20(11-13)14-5-7-19(8-6-14)15(21)9-12-3-1-2-4-12/h12-14H,1-11H2,(H2,18,23). The molecule has 6 heteroatoms. The molecule has 1 saturated carbocycles. The number of carbonyl (C=O) groups excluding carboxylic acids is 3. The molecule has 0 spiro atoms. The molecule has 0 bridgehead atoms. The fourth-order valence-electron chi connectivity index (χ4n) is 4.29. The fraction of sp³-hybridized carbons (Fsp3) is 0.824. The van der Waals surface area contributed by atoms with E-state index in [0.29, 0.717) is 18.9 Å². The van der Waals surface area contributed by atoms with Gasteiger partial charge in [0.1, 0.15) is 0 Å². The lowest BCUT2D eigenvalue weighted by molar-refractivity contribution is -0.135. The van der Waals surface area contributed by atoms with E-state index >= 15 is 0 Å². The zero-order valence-electron chi connectivity index (χ0n) is 13.7. The van der Waals surface area contributed by atoms with Gasteiger partial charge in [-0.3, -0.25) is 14.4 Å². The lowest BCUT2D eigenvalue weighted by atomic mass is 10.00. The SMILES string of the molecule is NC(=O)C1CC(=O)N(C2CCN(C(=O)CC3CCCC3)CC2)C1. The molecule has 128 valence electrons. The van der Waals surface area contributed by atoms with E-state index in [4.69, 9.17) is 5.73 Å². The van der Waals surface area contributed by atoms with Crippen molar-refractivity contribution in [3.05, 3.63) is 0 Å². The molecule has 6 nitrogen and oxygen atoms in total. The van der Waals surface area contributed by atoms with Crippen LogP contribution < -0.4 is 5.73 Å². The van der Waals surface area contributed by atoms with Crippen LogP contribution in [0.3, 0.4) is 0 Å². The van der Waals surface area contributed by atoms with E-state index in [9.17, 15) is 14.4 Å². The molecule has 0 aromatic rings. The van der Waals surface area contributed by atoms with Crippen molar-refractivity contribution in [2.45, 2.75) is 57.4 Å². The Bertz CT molecular complexity index is 479. The van der Waals surface area contributed by atoms with Crippen molar-refractivity contribution in [2.75, 3.05) is 19.6 Å². The van der Waals surface area contributed by atoms with Gasteiger partial charge in [-0.25, -0.2) is 0 Å². The van der Waals surface area contributed by atoms with Crippen LogP contribution in [0.5, 0.6) is 0 Å². The summed E-state index contributed by atoms with van der Waals surface area (Å²) in [6, 6.07) is 0.155. The van der Waals surface area contributed by atoms with E-state index in [1.54, 1.807) is 0 Å². The minimum atomic E-state index is -0.384. The number of hydrogen-bond acceptors (Lipinski definition) is 3. The summed E-state index contributed by atoms with van der Waals surface area (Å²) in [4.78, 5) is 39.5. The average molecular weight is 321 g/mol. The Hall–Kier alpha value is -1.59. The first-order valence-corrected chi connectivity index (χ1v) is 8.91. The van der Waals surface area contributed by atoms with Gasteiger partial charge in [0.15, 0.2) is 0 Å². The molecule has 3 amide bonds. The molecule has 2 saturated heterocycles. The van der Waals surface area contributed by atoms with Gasteiger partial charge in [0.2, 0.25) is 17.7 Å². The molecule has 1 atom stereocenters. The molecule has 2 heterocycles. The highest BCUT2D eigenvalue weighted by atomic mass is 16.2. The van der Waals surface area contributed by atoms with Crippen LogP contribution >= 0.6 is 0 Å². The Morgan fingerprint density at radius 2 is 1.74 bits per heavy atom. The van der Waals surface area contributed by atoms with Gasteiger partial charge in [-0.15, -0.1) is 0 Å². The largest absolute Gasteiger partial charge is 0.369 e. The topological polar surface area (TPSA) is 83.7 Å². The van der Waals surface area contributed by atoms with Crippen molar-refractivity contribution in [3.8, 4) is 0 Å². The molecule has 3 fully saturated rings. The van der Waals surface area contributed by atoms with Crippen molar-refractivity contribution in [1.82, 2.24) is 9.80 Å². The van der Waals surface area contributed by atoms with Crippen LogP contribution in [0.1, 0.15) is 51.4 Å². The molecule has 3 aliphatic rings. The highest BCUT2D eigenvalue weighted by molar-refractivity contribution is 5.88. The third-order valence-electron chi connectivity index (χ3n) is 5.76. The summed E-state index contributed by atoms with van der Waals surface area (Å²) < 4.78 is 0. The van der Waals surface area contributed by atoms with Gasteiger partial charge in [-0.2, -0.15) is 0 Å². The maximum absolute atomic E-state index is 12.4. The van der Waals surface area contributed by atoms with Crippen LogP contribution in [0.4, 0.5) is 0 Å². The van der Waals surface area contributed by atoms with Crippen LogP contribution in [0.2, 0.25) is 0 Å². The van der Waals surface area contributed by atoms with E-state index in [1.165, 1.54) is 25.7 Å². The summed E-state index contributed by atoms with van der Waals surface area (Å²) in [5.41, 5.74) is 5.32. The predicted molar refractivity (Wildman–Crippen MR) is 85.2 cm³/mol. The van der Waals surface area contributed by atoms with E-state index in [-0.39, 0.29) is 36.1 Å². The maximum Gasteiger partial charge on any atom is 0.223 e. The first-order chi connectivity index (χ1) is 11.0. The Morgan fingerprint density at radius 1 is 1.09 bits per heavy atom. The molecule has 0 radical (unpaired) electrons. The van der Waals surface area contributed by atoms with Crippen molar-refractivity contribution >= 4 is 17.7 Å². The first kappa shape index (κ1) is 16.3. The van der Waals surface area contributed by atoms with Gasteiger partial charge in [-0.1, -0.05) is 12.8 Å². The molecule has 2 N–H and O–H groups in total. The quantitative estimate of drug-likeness (QED) is 0.834. The van der Waals surface area contributed by atoms with Gasteiger partial charge < -0.3 is 15.5 Å². The van der Waals surface area contributed by atoms with Crippen molar-refractivity contribution in [1.29, 1.82) is 0 Å². The number of rotatable bonds is 4. The minimum Gasteiger partial charge on any atom is -0.369 e. The van der Waals surface area contributed by atoms with E-state index < -0.39 is 0 Å². The molecule has 3 rings (SSSR count). The third-order valence-corrected chi connectivity index (χ3v) is 5.76. The number of carbonyl (C=O) groups is 3. The van der Waals surface area contributed by atoms with Crippen LogP contribution in [-0.4, -0.2) is 53.2 Å². The van der Waals surface area contributed by atoms with E-state index in [1.807, 2.05) is 9.80 Å². The summed E-state index contributed by atoms with van der Waals surface area (Å²) in [5, 5.41) is 0. The molecule has 0 aromatic carbocycles. The number of primary amides is 1. The summed E-state index contributed by atoms with van der Waals surface area (Å²) in [6.07, 6.45) is 7.47. The van der Waals surface area contributed by atoms with Crippen molar-refractivity contribution in [2.24, 2.45) is 17.6 Å². The summed E-state index contributed by atoms with van der Waals surface area (Å²) in [5.74, 6) is 0.161. The fourth-order valence-corrected chi connectivity index (χ4v) is 4.29.